The van der Waals surface area contributed by atoms with Crippen molar-refractivity contribution in [3.05, 3.63) is 28.7 Å². The van der Waals surface area contributed by atoms with Gasteiger partial charge in [0, 0.05) is 29.8 Å². The topological polar surface area (TPSA) is 58.4 Å². The second kappa shape index (κ2) is 10.0. The first-order chi connectivity index (χ1) is 11.1. The van der Waals surface area contributed by atoms with Gasteiger partial charge in [-0.1, -0.05) is 35.2 Å². The highest BCUT2D eigenvalue weighted by Crippen LogP contribution is 2.27. The van der Waals surface area contributed by atoms with E-state index in [0.29, 0.717) is 5.92 Å². The van der Waals surface area contributed by atoms with E-state index in [1.165, 1.54) is 12.1 Å². The first-order valence-corrected chi connectivity index (χ1v) is 9.44. The summed E-state index contributed by atoms with van der Waals surface area (Å²) in [7, 11) is 0. The quantitative estimate of drug-likeness (QED) is 0.728. The lowest BCUT2D eigenvalue weighted by atomic mass is 9.82. The Morgan fingerprint density at radius 2 is 1.84 bits per heavy atom. The van der Waals surface area contributed by atoms with Gasteiger partial charge in [0.1, 0.15) is 0 Å². The molecule has 1 atom stereocenters. The van der Waals surface area contributed by atoms with Gasteiger partial charge in [-0.25, -0.2) is 0 Å². The van der Waals surface area contributed by atoms with Crippen LogP contribution in [0.3, 0.4) is 0 Å². The van der Waals surface area contributed by atoms with Gasteiger partial charge in [0.15, 0.2) is 0 Å². The Balaban J connectivity index is 0.00000156. The highest BCUT2D eigenvalue weighted by molar-refractivity contribution is 9.10. The summed E-state index contributed by atoms with van der Waals surface area (Å²) in [4.78, 5) is 14.8. The van der Waals surface area contributed by atoms with Crippen LogP contribution in [0.1, 0.15) is 38.5 Å². The Hall–Kier alpha value is -0.490. The lowest BCUT2D eigenvalue weighted by molar-refractivity contribution is -0.127. The van der Waals surface area contributed by atoms with E-state index in [2.05, 4.69) is 50.4 Å². The molecule has 0 radical (unpaired) electrons. The summed E-state index contributed by atoms with van der Waals surface area (Å²) in [6.45, 7) is 2.79. The second-order valence-electron chi connectivity index (χ2n) is 7.00. The number of carbonyl (C=O) groups is 1. The van der Waals surface area contributed by atoms with Crippen molar-refractivity contribution in [1.82, 2.24) is 5.32 Å². The predicted molar refractivity (Wildman–Crippen MR) is 112 cm³/mol. The number of halogens is 3. The maximum absolute atomic E-state index is 12.4. The number of nitrogens with one attached hydrogen (secondary N) is 1. The Kier molecular flexibility index (Phi) is 9.02. The van der Waals surface area contributed by atoms with Crippen molar-refractivity contribution in [3.63, 3.8) is 0 Å². The fraction of sp³-hybridized carbons (Fsp3) is 0.611. The zero-order valence-corrected chi connectivity index (χ0v) is 17.6. The summed E-state index contributed by atoms with van der Waals surface area (Å²) in [5.74, 6) is 0.564. The Morgan fingerprint density at radius 3 is 2.48 bits per heavy atom. The van der Waals surface area contributed by atoms with Gasteiger partial charge >= 0.3 is 0 Å². The molecule has 1 saturated heterocycles. The lowest BCUT2D eigenvalue weighted by Gasteiger charge is -2.32. The number of nitrogens with zero attached hydrogens (tertiary/aromatic N) is 1. The second-order valence-corrected chi connectivity index (χ2v) is 7.92. The SMILES string of the molecule is Cl.Cl.NC1(C(=O)NCC2CCN(c3ccc(Br)cc3)C2)CCCCC1. The molecule has 1 saturated carbocycles. The molecule has 2 fully saturated rings. The van der Waals surface area contributed by atoms with Crippen molar-refractivity contribution in [2.24, 2.45) is 11.7 Å². The third-order valence-corrected chi connectivity index (χ3v) is 5.76. The third kappa shape index (κ3) is 5.75. The van der Waals surface area contributed by atoms with E-state index in [4.69, 9.17) is 5.73 Å². The van der Waals surface area contributed by atoms with Crippen LogP contribution in [0.2, 0.25) is 0 Å². The highest BCUT2D eigenvalue weighted by Gasteiger charge is 2.35. The maximum atomic E-state index is 12.4. The minimum atomic E-state index is -0.623. The van der Waals surface area contributed by atoms with Crippen LogP contribution in [0.4, 0.5) is 5.69 Å². The number of carbonyl (C=O) groups excluding carboxylic acids is 1. The van der Waals surface area contributed by atoms with E-state index in [9.17, 15) is 4.79 Å². The molecule has 3 rings (SSSR count). The lowest BCUT2D eigenvalue weighted by Crippen LogP contribution is -2.55. The van der Waals surface area contributed by atoms with Crippen LogP contribution in [0, 0.1) is 5.92 Å². The van der Waals surface area contributed by atoms with Crippen LogP contribution < -0.4 is 16.0 Å². The molecule has 142 valence electrons. The van der Waals surface area contributed by atoms with Gasteiger partial charge in [-0.15, -0.1) is 24.8 Å². The van der Waals surface area contributed by atoms with E-state index >= 15 is 0 Å². The van der Waals surface area contributed by atoms with Crippen LogP contribution in [0.25, 0.3) is 0 Å². The monoisotopic (exact) mass is 451 g/mol. The number of hydrogen-bond acceptors (Lipinski definition) is 3. The first kappa shape index (κ1) is 22.6. The van der Waals surface area contributed by atoms with Gasteiger partial charge in [-0.2, -0.15) is 0 Å². The molecule has 3 N–H and O–H groups in total. The normalized spacial score (nSPS) is 21.8. The van der Waals surface area contributed by atoms with Gasteiger partial charge in [0.25, 0.3) is 0 Å². The Labute approximate surface area is 171 Å². The van der Waals surface area contributed by atoms with Crippen molar-refractivity contribution >= 4 is 52.3 Å². The zero-order chi connectivity index (χ0) is 16.3. The summed E-state index contributed by atoms with van der Waals surface area (Å²) < 4.78 is 1.10. The smallest absolute Gasteiger partial charge is 0.240 e. The van der Waals surface area contributed by atoms with E-state index in [1.54, 1.807) is 0 Å². The molecule has 4 nitrogen and oxygen atoms in total. The van der Waals surface area contributed by atoms with Gasteiger partial charge in [-0.3, -0.25) is 4.79 Å². The summed E-state index contributed by atoms with van der Waals surface area (Å²) >= 11 is 3.47. The van der Waals surface area contributed by atoms with Gasteiger partial charge in [0.05, 0.1) is 5.54 Å². The summed E-state index contributed by atoms with van der Waals surface area (Å²) in [6.07, 6.45) is 6.13. The molecule has 1 aliphatic heterocycles. The molecule has 2 aliphatic rings. The molecule has 1 aliphatic carbocycles. The minimum absolute atomic E-state index is 0. The van der Waals surface area contributed by atoms with Crippen LogP contribution in [-0.2, 0) is 4.79 Å². The molecule has 0 bridgehead atoms. The molecular weight excluding hydrogens is 425 g/mol. The van der Waals surface area contributed by atoms with Crippen molar-refractivity contribution in [2.45, 2.75) is 44.1 Å². The average molecular weight is 453 g/mol. The van der Waals surface area contributed by atoms with Crippen molar-refractivity contribution in [3.8, 4) is 0 Å². The zero-order valence-electron chi connectivity index (χ0n) is 14.4. The largest absolute Gasteiger partial charge is 0.371 e. The molecular formula is C18H28BrCl2N3O. The third-order valence-electron chi connectivity index (χ3n) is 5.23. The van der Waals surface area contributed by atoms with Gasteiger partial charge in [-0.05, 0) is 49.4 Å². The fourth-order valence-corrected chi connectivity index (χ4v) is 3.97. The molecule has 25 heavy (non-hydrogen) atoms. The van der Waals surface area contributed by atoms with E-state index in [1.807, 2.05) is 0 Å². The van der Waals surface area contributed by atoms with E-state index < -0.39 is 5.54 Å². The summed E-state index contributed by atoms with van der Waals surface area (Å²) in [5, 5.41) is 3.12. The Bertz CT molecular complexity index is 550. The number of benzene rings is 1. The number of nitrogens with two attached hydrogens (primary N) is 1. The average Bonchev–Trinajstić information content (AvgIpc) is 3.03. The van der Waals surface area contributed by atoms with Crippen LogP contribution in [0.15, 0.2) is 28.7 Å². The predicted octanol–water partition coefficient (Wildman–Crippen LogP) is 3.90. The molecule has 0 aromatic heterocycles. The van der Waals surface area contributed by atoms with Gasteiger partial charge < -0.3 is 16.0 Å². The molecule has 1 amide bonds. The van der Waals surface area contributed by atoms with Crippen molar-refractivity contribution < 1.29 is 4.79 Å². The van der Waals surface area contributed by atoms with Crippen molar-refractivity contribution in [2.75, 3.05) is 24.5 Å². The van der Waals surface area contributed by atoms with E-state index in [0.717, 1.165) is 56.2 Å². The Morgan fingerprint density at radius 1 is 1.20 bits per heavy atom. The molecule has 1 aromatic rings. The summed E-state index contributed by atoms with van der Waals surface area (Å²) in [5.41, 5.74) is 6.92. The van der Waals surface area contributed by atoms with Crippen LogP contribution >= 0.6 is 40.7 Å². The summed E-state index contributed by atoms with van der Waals surface area (Å²) in [6, 6.07) is 8.43. The number of rotatable bonds is 4. The molecule has 0 spiro atoms. The van der Waals surface area contributed by atoms with E-state index in [-0.39, 0.29) is 30.7 Å². The van der Waals surface area contributed by atoms with Crippen LogP contribution in [0.5, 0.6) is 0 Å². The molecule has 1 heterocycles. The van der Waals surface area contributed by atoms with Gasteiger partial charge in [0.2, 0.25) is 5.91 Å². The number of anilines is 1. The maximum Gasteiger partial charge on any atom is 0.240 e. The highest BCUT2D eigenvalue weighted by atomic mass is 79.9. The first-order valence-electron chi connectivity index (χ1n) is 8.64. The molecule has 7 heteroatoms. The standard InChI is InChI=1S/C18H26BrN3O.2ClH/c19-15-4-6-16(7-5-15)22-11-8-14(13-22)12-21-17(23)18(20)9-2-1-3-10-18;;/h4-7,14H,1-3,8-13,20H2,(H,21,23);2*1H. The van der Waals surface area contributed by atoms with Crippen molar-refractivity contribution in [1.29, 1.82) is 0 Å². The minimum Gasteiger partial charge on any atom is -0.371 e. The number of hydrogen-bond donors (Lipinski definition) is 2. The fourth-order valence-electron chi connectivity index (χ4n) is 3.71. The molecule has 1 unspecified atom stereocenters. The van der Waals surface area contributed by atoms with Crippen LogP contribution in [-0.4, -0.2) is 31.1 Å². The molecule has 1 aromatic carbocycles. The number of amides is 1.